The topological polar surface area (TPSA) is 54.5 Å². The first-order chi connectivity index (χ1) is 10.6. The fraction of sp³-hybridized carbons (Fsp3) is 0.647. The zero-order valence-electron chi connectivity index (χ0n) is 13.8. The summed E-state index contributed by atoms with van der Waals surface area (Å²) in [6.45, 7) is 8.47. The highest BCUT2D eigenvalue weighted by Crippen LogP contribution is 2.19. The predicted octanol–water partition coefficient (Wildman–Crippen LogP) is 3.00. The molecule has 5 nitrogen and oxygen atoms in total. The van der Waals surface area contributed by atoms with Crippen LogP contribution in [0.3, 0.4) is 0 Å². The minimum Gasteiger partial charge on any atom is -0.450 e. The third kappa shape index (κ3) is 4.90. The van der Waals surface area contributed by atoms with E-state index < -0.39 is 0 Å². The van der Waals surface area contributed by atoms with E-state index in [2.05, 4.69) is 42.3 Å². The van der Waals surface area contributed by atoms with Crippen LogP contribution >= 0.6 is 0 Å². The van der Waals surface area contributed by atoms with Crippen LogP contribution in [0.2, 0.25) is 0 Å². The summed E-state index contributed by atoms with van der Waals surface area (Å²) in [5, 5.41) is 2.92. The van der Waals surface area contributed by atoms with Crippen LogP contribution in [0.5, 0.6) is 0 Å². The summed E-state index contributed by atoms with van der Waals surface area (Å²) in [5.41, 5.74) is 1.15. The number of nitrogens with zero attached hydrogens (tertiary/aromatic N) is 2. The van der Waals surface area contributed by atoms with Gasteiger partial charge in [0.1, 0.15) is 5.82 Å². The lowest BCUT2D eigenvalue weighted by Crippen LogP contribution is -2.45. The molecule has 0 unspecified atom stereocenters. The van der Waals surface area contributed by atoms with E-state index in [1.807, 2.05) is 6.92 Å². The van der Waals surface area contributed by atoms with Crippen LogP contribution in [-0.2, 0) is 11.2 Å². The first-order valence-corrected chi connectivity index (χ1v) is 8.22. The predicted molar refractivity (Wildman–Crippen MR) is 88.2 cm³/mol. The van der Waals surface area contributed by atoms with Gasteiger partial charge in [-0.2, -0.15) is 0 Å². The average molecular weight is 305 g/mol. The number of carbonyl (C=O) groups is 1. The number of aromatic nitrogens is 1. The minimum atomic E-state index is -0.307. The Kier molecular flexibility index (Phi) is 6.04. The van der Waals surface area contributed by atoms with Crippen LogP contribution in [0.4, 0.5) is 10.6 Å². The fourth-order valence-corrected chi connectivity index (χ4v) is 2.77. The summed E-state index contributed by atoms with van der Waals surface area (Å²) in [6, 6.07) is 6.46. The van der Waals surface area contributed by atoms with E-state index in [-0.39, 0.29) is 12.1 Å². The third-order valence-electron chi connectivity index (χ3n) is 3.83. The second-order valence-electron chi connectivity index (χ2n) is 6.21. The fourth-order valence-electron chi connectivity index (χ4n) is 2.77. The first-order valence-electron chi connectivity index (χ1n) is 8.22. The summed E-state index contributed by atoms with van der Waals surface area (Å²) in [5.74, 6) is 1.66. The number of hydrogen-bond acceptors (Lipinski definition) is 4. The van der Waals surface area contributed by atoms with E-state index in [0.29, 0.717) is 12.5 Å². The summed E-state index contributed by atoms with van der Waals surface area (Å²) >= 11 is 0. The van der Waals surface area contributed by atoms with Gasteiger partial charge in [0.25, 0.3) is 0 Å². The van der Waals surface area contributed by atoms with Gasteiger partial charge in [0.05, 0.1) is 6.61 Å². The van der Waals surface area contributed by atoms with Crippen molar-refractivity contribution in [1.82, 2.24) is 10.3 Å². The second kappa shape index (κ2) is 8.01. The van der Waals surface area contributed by atoms with E-state index in [4.69, 9.17) is 9.72 Å². The number of pyridine rings is 1. The smallest absolute Gasteiger partial charge is 0.407 e. The number of nitrogens with one attached hydrogen (secondary N) is 1. The van der Waals surface area contributed by atoms with Crippen LogP contribution in [0.25, 0.3) is 0 Å². The number of ether oxygens (including phenoxy) is 1. The standard InChI is InChI=1S/C17H27N3O2/c1-4-22-17(21)19-14-8-10-20(11-9-14)16-7-5-6-15(18-16)12-13(2)3/h5-7,13-14H,4,8-12H2,1-3H3,(H,19,21). The second-order valence-corrected chi connectivity index (χ2v) is 6.21. The summed E-state index contributed by atoms with van der Waals surface area (Å²) in [7, 11) is 0. The largest absolute Gasteiger partial charge is 0.450 e. The molecule has 1 fully saturated rings. The molecule has 0 aliphatic carbocycles. The van der Waals surface area contributed by atoms with Gasteiger partial charge in [0.15, 0.2) is 0 Å². The molecule has 0 atom stereocenters. The normalized spacial score (nSPS) is 15.9. The Bertz CT molecular complexity index is 483. The lowest BCUT2D eigenvalue weighted by Gasteiger charge is -2.33. The van der Waals surface area contributed by atoms with E-state index in [9.17, 15) is 4.79 Å². The first kappa shape index (κ1) is 16.6. The van der Waals surface area contributed by atoms with Crippen molar-refractivity contribution in [3.05, 3.63) is 23.9 Å². The van der Waals surface area contributed by atoms with Gasteiger partial charge in [-0.15, -0.1) is 0 Å². The van der Waals surface area contributed by atoms with Crippen molar-refractivity contribution in [3.63, 3.8) is 0 Å². The van der Waals surface area contributed by atoms with Crippen molar-refractivity contribution in [1.29, 1.82) is 0 Å². The molecule has 0 radical (unpaired) electrons. The molecular weight excluding hydrogens is 278 g/mol. The van der Waals surface area contributed by atoms with Crippen LogP contribution in [0.1, 0.15) is 39.3 Å². The van der Waals surface area contributed by atoms with Gasteiger partial charge in [0, 0.05) is 24.8 Å². The van der Waals surface area contributed by atoms with Gasteiger partial charge in [-0.25, -0.2) is 9.78 Å². The van der Waals surface area contributed by atoms with E-state index in [1.54, 1.807) is 0 Å². The van der Waals surface area contributed by atoms with Crippen LogP contribution in [0, 0.1) is 5.92 Å². The molecule has 2 heterocycles. The van der Waals surface area contributed by atoms with Gasteiger partial charge >= 0.3 is 6.09 Å². The number of rotatable bonds is 5. The molecule has 1 aromatic heterocycles. The molecule has 0 bridgehead atoms. The molecule has 1 aliphatic rings. The molecule has 5 heteroatoms. The zero-order chi connectivity index (χ0) is 15.9. The van der Waals surface area contributed by atoms with Gasteiger partial charge in [-0.1, -0.05) is 19.9 Å². The summed E-state index contributed by atoms with van der Waals surface area (Å²) < 4.78 is 4.93. The van der Waals surface area contributed by atoms with E-state index in [0.717, 1.165) is 43.9 Å². The Morgan fingerprint density at radius 2 is 2.14 bits per heavy atom. The zero-order valence-corrected chi connectivity index (χ0v) is 13.8. The number of anilines is 1. The molecule has 1 saturated heterocycles. The van der Waals surface area contributed by atoms with Crippen molar-refractivity contribution in [2.24, 2.45) is 5.92 Å². The van der Waals surface area contributed by atoms with Crippen LogP contribution in [0.15, 0.2) is 18.2 Å². The molecule has 1 N–H and O–H groups in total. The van der Waals surface area contributed by atoms with Crippen LogP contribution < -0.4 is 10.2 Å². The number of hydrogen-bond donors (Lipinski definition) is 1. The third-order valence-corrected chi connectivity index (χ3v) is 3.83. The maximum absolute atomic E-state index is 11.5. The average Bonchev–Trinajstić information content (AvgIpc) is 2.48. The quantitative estimate of drug-likeness (QED) is 0.908. The number of carbonyl (C=O) groups excluding carboxylic acids is 1. The summed E-state index contributed by atoms with van der Waals surface area (Å²) in [6.07, 6.45) is 2.55. The molecule has 122 valence electrons. The SMILES string of the molecule is CCOC(=O)NC1CCN(c2cccc(CC(C)C)n2)CC1. The number of piperidine rings is 1. The molecule has 22 heavy (non-hydrogen) atoms. The molecule has 1 aromatic rings. The highest BCUT2D eigenvalue weighted by atomic mass is 16.5. The van der Waals surface area contributed by atoms with E-state index >= 15 is 0 Å². The summed E-state index contributed by atoms with van der Waals surface area (Å²) in [4.78, 5) is 18.5. The number of amides is 1. The molecular formula is C17H27N3O2. The molecule has 1 aliphatic heterocycles. The van der Waals surface area contributed by atoms with E-state index in [1.165, 1.54) is 0 Å². The molecule has 2 rings (SSSR count). The Balaban J connectivity index is 1.87. The van der Waals surface area contributed by atoms with Gasteiger partial charge in [-0.3, -0.25) is 0 Å². The molecule has 0 saturated carbocycles. The lowest BCUT2D eigenvalue weighted by molar-refractivity contribution is 0.146. The minimum absolute atomic E-state index is 0.203. The maximum atomic E-state index is 11.5. The van der Waals surface area contributed by atoms with Crippen molar-refractivity contribution in [3.8, 4) is 0 Å². The highest BCUT2D eigenvalue weighted by Gasteiger charge is 2.22. The molecule has 0 spiro atoms. The Morgan fingerprint density at radius 3 is 2.77 bits per heavy atom. The number of alkyl carbamates (subject to hydrolysis) is 1. The van der Waals surface area contributed by atoms with Crippen molar-refractivity contribution < 1.29 is 9.53 Å². The van der Waals surface area contributed by atoms with Crippen molar-refractivity contribution in [2.75, 3.05) is 24.6 Å². The van der Waals surface area contributed by atoms with Crippen LogP contribution in [-0.4, -0.2) is 36.8 Å². The Labute approximate surface area is 133 Å². The Morgan fingerprint density at radius 1 is 1.41 bits per heavy atom. The lowest BCUT2D eigenvalue weighted by atomic mass is 10.0. The monoisotopic (exact) mass is 305 g/mol. The van der Waals surface area contributed by atoms with Gasteiger partial charge in [-0.05, 0) is 44.2 Å². The Hall–Kier alpha value is -1.78. The van der Waals surface area contributed by atoms with Gasteiger partial charge < -0.3 is 15.0 Å². The van der Waals surface area contributed by atoms with Crippen molar-refractivity contribution >= 4 is 11.9 Å². The van der Waals surface area contributed by atoms with Crippen molar-refractivity contribution in [2.45, 2.75) is 46.1 Å². The maximum Gasteiger partial charge on any atom is 0.407 e. The van der Waals surface area contributed by atoms with Gasteiger partial charge in [0.2, 0.25) is 0 Å². The highest BCUT2D eigenvalue weighted by molar-refractivity contribution is 5.67. The molecule has 0 aromatic carbocycles. The molecule has 1 amide bonds.